The number of aliphatic hydroxyl groups is 1. The molecule has 114 valence electrons. The molecule has 0 amide bonds. The van der Waals surface area contributed by atoms with Crippen LogP contribution in [0.25, 0.3) is 0 Å². The van der Waals surface area contributed by atoms with E-state index >= 15 is 0 Å². The van der Waals surface area contributed by atoms with E-state index in [1.54, 1.807) is 0 Å². The molecule has 0 spiro atoms. The molecule has 0 fully saturated rings. The third kappa shape index (κ3) is 4.48. The summed E-state index contributed by atoms with van der Waals surface area (Å²) in [4.78, 5) is 0. The summed E-state index contributed by atoms with van der Waals surface area (Å²) in [5.41, 5.74) is 6.35. The van der Waals surface area contributed by atoms with E-state index in [1.807, 2.05) is 30.3 Å². The molecule has 0 aromatic heterocycles. The molecule has 6 heteroatoms. The van der Waals surface area contributed by atoms with Crippen molar-refractivity contribution in [1.82, 2.24) is 0 Å². The van der Waals surface area contributed by atoms with E-state index in [-0.39, 0.29) is 24.4 Å². The number of aliphatic hydroxyl groups excluding tert-OH is 1. The second-order valence-electron chi connectivity index (χ2n) is 4.57. The Hall–Kier alpha value is -1.01. The molecular weight excluding hydrogens is 364 g/mol. The van der Waals surface area contributed by atoms with Crippen molar-refractivity contribution >= 4 is 28.3 Å². The highest BCUT2D eigenvalue weighted by Crippen LogP contribution is 2.26. The van der Waals surface area contributed by atoms with Gasteiger partial charge in [-0.25, -0.2) is 8.78 Å². The van der Waals surface area contributed by atoms with Crippen LogP contribution in [0.5, 0.6) is 0 Å². The van der Waals surface area contributed by atoms with Crippen LogP contribution in [0.1, 0.15) is 17.2 Å². The standard InChI is InChI=1S/C15H14BrF2NO.ClH/c16-10-7-11(17)14(12(18)8-10)15(19)13(20)6-9-4-2-1-3-5-9;/h1-5,7-8,13,15,20H,6,19H2;1H/t13-,15-;/m1./s1. The lowest BCUT2D eigenvalue weighted by Crippen LogP contribution is -2.29. The van der Waals surface area contributed by atoms with E-state index in [0.29, 0.717) is 4.47 Å². The van der Waals surface area contributed by atoms with E-state index in [9.17, 15) is 13.9 Å². The van der Waals surface area contributed by atoms with Gasteiger partial charge >= 0.3 is 0 Å². The first-order chi connectivity index (χ1) is 9.49. The molecule has 2 aromatic rings. The summed E-state index contributed by atoms with van der Waals surface area (Å²) in [6.45, 7) is 0. The van der Waals surface area contributed by atoms with Crippen LogP contribution in [-0.2, 0) is 6.42 Å². The van der Waals surface area contributed by atoms with E-state index < -0.39 is 23.8 Å². The zero-order valence-corrected chi connectivity index (χ0v) is 13.4. The Labute approximate surface area is 136 Å². The fourth-order valence-electron chi connectivity index (χ4n) is 2.05. The van der Waals surface area contributed by atoms with Gasteiger partial charge in [-0.2, -0.15) is 0 Å². The van der Waals surface area contributed by atoms with Gasteiger partial charge in [-0.05, 0) is 17.7 Å². The number of benzene rings is 2. The van der Waals surface area contributed by atoms with Gasteiger partial charge in [-0.15, -0.1) is 12.4 Å². The van der Waals surface area contributed by atoms with Crippen LogP contribution in [0.3, 0.4) is 0 Å². The summed E-state index contributed by atoms with van der Waals surface area (Å²) in [7, 11) is 0. The normalized spacial score (nSPS) is 13.4. The Morgan fingerprint density at radius 3 is 2.14 bits per heavy atom. The topological polar surface area (TPSA) is 46.2 Å². The lowest BCUT2D eigenvalue weighted by molar-refractivity contribution is 0.141. The third-order valence-electron chi connectivity index (χ3n) is 3.08. The average Bonchev–Trinajstić information content (AvgIpc) is 2.38. The van der Waals surface area contributed by atoms with Crippen LogP contribution in [0, 0.1) is 11.6 Å². The Balaban J connectivity index is 0.00000220. The molecule has 0 unspecified atom stereocenters. The predicted octanol–water partition coefficient (Wildman–Crippen LogP) is 3.75. The van der Waals surface area contributed by atoms with Gasteiger partial charge in [0.05, 0.1) is 12.1 Å². The largest absolute Gasteiger partial charge is 0.391 e. The summed E-state index contributed by atoms with van der Waals surface area (Å²) in [5, 5.41) is 10.1. The van der Waals surface area contributed by atoms with Gasteiger partial charge in [0.25, 0.3) is 0 Å². The van der Waals surface area contributed by atoms with Crippen LogP contribution in [-0.4, -0.2) is 11.2 Å². The van der Waals surface area contributed by atoms with Gasteiger partial charge in [0.1, 0.15) is 11.6 Å². The third-order valence-corrected chi connectivity index (χ3v) is 3.54. The zero-order chi connectivity index (χ0) is 14.7. The van der Waals surface area contributed by atoms with Gasteiger partial charge in [0.15, 0.2) is 0 Å². The Morgan fingerprint density at radius 2 is 1.62 bits per heavy atom. The minimum atomic E-state index is -1.12. The first-order valence-corrected chi connectivity index (χ1v) is 6.90. The molecule has 0 saturated heterocycles. The summed E-state index contributed by atoms with van der Waals surface area (Å²) in [5.74, 6) is -1.53. The number of hydrogen-bond donors (Lipinski definition) is 2. The van der Waals surface area contributed by atoms with Crippen LogP contribution in [0.4, 0.5) is 8.78 Å². The van der Waals surface area contributed by atoms with Crippen molar-refractivity contribution in [2.24, 2.45) is 5.73 Å². The molecule has 0 saturated carbocycles. The minimum absolute atomic E-state index is 0. The maximum Gasteiger partial charge on any atom is 0.132 e. The first kappa shape index (κ1) is 18.0. The molecule has 21 heavy (non-hydrogen) atoms. The SMILES string of the molecule is Cl.N[C@@H](c1c(F)cc(Br)cc1F)[C@H](O)Cc1ccccc1. The van der Waals surface area contributed by atoms with Crippen LogP contribution in [0.15, 0.2) is 46.9 Å². The van der Waals surface area contributed by atoms with E-state index in [0.717, 1.165) is 17.7 Å². The van der Waals surface area contributed by atoms with E-state index in [1.165, 1.54) is 0 Å². The molecule has 0 radical (unpaired) electrons. The van der Waals surface area contributed by atoms with Crippen LogP contribution < -0.4 is 5.73 Å². The number of rotatable bonds is 4. The second-order valence-corrected chi connectivity index (χ2v) is 5.48. The molecule has 0 aliphatic rings. The summed E-state index contributed by atoms with van der Waals surface area (Å²) in [6.07, 6.45) is -0.834. The summed E-state index contributed by atoms with van der Waals surface area (Å²) in [6, 6.07) is 10.3. The molecular formula is C15H15BrClF2NO. The second kappa shape index (κ2) is 7.84. The van der Waals surface area contributed by atoms with E-state index in [2.05, 4.69) is 15.9 Å². The smallest absolute Gasteiger partial charge is 0.132 e. The van der Waals surface area contributed by atoms with Crippen molar-refractivity contribution in [2.75, 3.05) is 0 Å². The molecule has 2 nitrogen and oxygen atoms in total. The highest BCUT2D eigenvalue weighted by atomic mass is 79.9. The maximum absolute atomic E-state index is 13.8. The van der Waals surface area contributed by atoms with Crippen LogP contribution >= 0.6 is 28.3 Å². The van der Waals surface area contributed by atoms with Gasteiger partial charge in [0, 0.05) is 16.5 Å². The number of hydrogen-bond acceptors (Lipinski definition) is 2. The molecule has 0 aliphatic heterocycles. The Bertz CT molecular complexity index is 574. The first-order valence-electron chi connectivity index (χ1n) is 6.11. The molecule has 2 atom stereocenters. The zero-order valence-electron chi connectivity index (χ0n) is 11.0. The molecule has 2 aromatic carbocycles. The van der Waals surface area contributed by atoms with E-state index in [4.69, 9.17) is 5.73 Å². The molecule has 3 N–H and O–H groups in total. The average molecular weight is 379 g/mol. The summed E-state index contributed by atoms with van der Waals surface area (Å²) < 4.78 is 27.9. The summed E-state index contributed by atoms with van der Waals surface area (Å²) >= 11 is 3.00. The molecule has 2 rings (SSSR count). The number of halogens is 4. The van der Waals surface area contributed by atoms with Crippen molar-refractivity contribution < 1.29 is 13.9 Å². The van der Waals surface area contributed by atoms with Crippen molar-refractivity contribution in [2.45, 2.75) is 18.6 Å². The highest BCUT2D eigenvalue weighted by Gasteiger charge is 2.24. The lowest BCUT2D eigenvalue weighted by Gasteiger charge is -2.20. The van der Waals surface area contributed by atoms with Gasteiger partial charge in [-0.3, -0.25) is 0 Å². The maximum atomic E-state index is 13.8. The van der Waals surface area contributed by atoms with Gasteiger partial charge in [-0.1, -0.05) is 46.3 Å². The van der Waals surface area contributed by atoms with Crippen molar-refractivity contribution in [3.63, 3.8) is 0 Å². The van der Waals surface area contributed by atoms with Crippen LogP contribution in [0.2, 0.25) is 0 Å². The Kier molecular flexibility index (Phi) is 6.74. The van der Waals surface area contributed by atoms with Gasteiger partial charge < -0.3 is 10.8 Å². The lowest BCUT2D eigenvalue weighted by atomic mass is 9.96. The number of nitrogens with two attached hydrogens (primary N) is 1. The Morgan fingerprint density at radius 1 is 1.10 bits per heavy atom. The fourth-order valence-corrected chi connectivity index (χ4v) is 2.45. The predicted molar refractivity (Wildman–Crippen MR) is 84.4 cm³/mol. The van der Waals surface area contributed by atoms with Crippen molar-refractivity contribution in [3.05, 3.63) is 69.7 Å². The monoisotopic (exact) mass is 377 g/mol. The molecule has 0 aliphatic carbocycles. The molecule has 0 heterocycles. The van der Waals surface area contributed by atoms with Gasteiger partial charge in [0.2, 0.25) is 0 Å². The minimum Gasteiger partial charge on any atom is -0.391 e. The highest BCUT2D eigenvalue weighted by molar-refractivity contribution is 9.10. The quantitative estimate of drug-likeness (QED) is 0.851. The van der Waals surface area contributed by atoms with Crippen molar-refractivity contribution in [1.29, 1.82) is 0 Å². The van der Waals surface area contributed by atoms with Crippen molar-refractivity contribution in [3.8, 4) is 0 Å². The molecule has 0 bridgehead atoms. The fraction of sp³-hybridized carbons (Fsp3) is 0.200.